The molecule has 2 amide bonds. The Morgan fingerprint density at radius 1 is 0.714 bits per heavy atom. The zero-order valence-electron chi connectivity index (χ0n) is 21.1. The number of nitrogens with one attached hydrogen (secondary N) is 2. The molecule has 2 atom stereocenters. The van der Waals surface area contributed by atoms with Gasteiger partial charge in [-0.05, 0) is 24.0 Å². The summed E-state index contributed by atoms with van der Waals surface area (Å²) in [6.45, 7) is 5.41. The van der Waals surface area contributed by atoms with Gasteiger partial charge in [-0.1, -0.05) is 81.4 Å². The minimum absolute atomic E-state index is 0.000692. The molecule has 190 valence electrons. The van der Waals surface area contributed by atoms with E-state index in [-0.39, 0.29) is 17.5 Å². The molecule has 2 aromatic rings. The highest BCUT2D eigenvalue weighted by molar-refractivity contribution is 5.89. The number of rotatable bonds is 10. The van der Waals surface area contributed by atoms with Crippen molar-refractivity contribution in [3.63, 3.8) is 0 Å². The third-order valence-electron chi connectivity index (χ3n) is 5.17. The number of hydrogen-bond acceptors (Lipinski definition) is 6. The maximum Gasteiger partial charge on any atom is 0.407 e. The highest BCUT2D eigenvalue weighted by atomic mass is 16.5. The molecule has 8 nitrogen and oxygen atoms in total. The number of methoxy groups -OCH3 is 2. The third kappa shape index (κ3) is 11.3. The van der Waals surface area contributed by atoms with Crippen molar-refractivity contribution in [3.05, 3.63) is 71.8 Å². The largest absolute Gasteiger partial charge is 0.453 e. The van der Waals surface area contributed by atoms with Crippen molar-refractivity contribution < 1.29 is 28.7 Å². The van der Waals surface area contributed by atoms with Crippen LogP contribution in [0.3, 0.4) is 0 Å². The van der Waals surface area contributed by atoms with Crippen LogP contribution in [0.2, 0.25) is 0 Å². The summed E-state index contributed by atoms with van der Waals surface area (Å²) in [4.78, 5) is 46.1. The number of benzene rings is 2. The second kappa shape index (κ2) is 16.0. The van der Waals surface area contributed by atoms with Gasteiger partial charge in [0.25, 0.3) is 0 Å². The van der Waals surface area contributed by atoms with Crippen LogP contribution in [0.1, 0.15) is 38.3 Å². The summed E-state index contributed by atoms with van der Waals surface area (Å²) in [6, 6.07) is 18.1. The summed E-state index contributed by atoms with van der Waals surface area (Å²) in [6.07, 6.45) is 0.203. The molecule has 0 aliphatic rings. The normalized spacial score (nSPS) is 11.8. The number of Topliss-reactive ketones (excluding diaryl/α,β-unsaturated/α-hetero) is 2. The number of ketones is 2. The Morgan fingerprint density at radius 2 is 1.11 bits per heavy atom. The third-order valence-corrected chi connectivity index (χ3v) is 5.17. The molecule has 2 aromatic carbocycles. The van der Waals surface area contributed by atoms with Crippen LogP contribution in [0.4, 0.5) is 9.59 Å². The molecule has 0 radical (unpaired) electrons. The van der Waals surface area contributed by atoms with Crippen molar-refractivity contribution in [1.29, 1.82) is 0 Å². The second-order valence-corrected chi connectivity index (χ2v) is 8.13. The van der Waals surface area contributed by atoms with E-state index in [1.54, 1.807) is 6.92 Å². The Morgan fingerprint density at radius 3 is 1.49 bits per heavy atom. The predicted molar refractivity (Wildman–Crippen MR) is 134 cm³/mol. The van der Waals surface area contributed by atoms with Gasteiger partial charge in [0.15, 0.2) is 11.6 Å². The van der Waals surface area contributed by atoms with Crippen molar-refractivity contribution in [1.82, 2.24) is 10.6 Å². The molecule has 0 spiro atoms. The van der Waals surface area contributed by atoms with Crippen LogP contribution < -0.4 is 10.6 Å². The van der Waals surface area contributed by atoms with Gasteiger partial charge in [-0.25, -0.2) is 9.59 Å². The molecule has 0 aliphatic heterocycles. The maximum atomic E-state index is 12.0. The Labute approximate surface area is 207 Å². The van der Waals surface area contributed by atoms with Crippen LogP contribution in [-0.4, -0.2) is 50.1 Å². The summed E-state index contributed by atoms with van der Waals surface area (Å²) in [5.74, 6) is -0.126. The highest BCUT2D eigenvalue weighted by Crippen LogP contribution is 2.09. The average molecular weight is 485 g/mol. The van der Waals surface area contributed by atoms with Gasteiger partial charge in [0, 0.05) is 12.3 Å². The van der Waals surface area contributed by atoms with Gasteiger partial charge in [-0.3, -0.25) is 9.59 Å². The van der Waals surface area contributed by atoms with E-state index < -0.39 is 24.3 Å². The zero-order chi connectivity index (χ0) is 26.2. The van der Waals surface area contributed by atoms with E-state index in [0.29, 0.717) is 19.3 Å². The van der Waals surface area contributed by atoms with E-state index in [1.807, 2.05) is 74.5 Å². The summed E-state index contributed by atoms with van der Waals surface area (Å²) in [5, 5.41) is 5.14. The fraction of sp³-hybridized carbons (Fsp3) is 0.407. The Balaban J connectivity index is 0.000000351. The lowest BCUT2D eigenvalue weighted by Gasteiger charge is -2.18. The van der Waals surface area contributed by atoms with Crippen LogP contribution >= 0.6 is 0 Å². The lowest BCUT2D eigenvalue weighted by atomic mass is 9.96. The topological polar surface area (TPSA) is 111 Å². The Hall–Kier alpha value is -3.68. The molecule has 2 rings (SSSR count). The number of hydrogen-bond donors (Lipinski definition) is 2. The van der Waals surface area contributed by atoms with E-state index in [4.69, 9.17) is 0 Å². The molecular formula is C27H36N2O6. The predicted octanol–water partition coefficient (Wildman–Crippen LogP) is 4.11. The molecule has 0 saturated carbocycles. The van der Waals surface area contributed by atoms with Crippen LogP contribution in [0, 0.1) is 5.92 Å². The molecule has 0 aliphatic carbocycles. The van der Waals surface area contributed by atoms with Crippen molar-refractivity contribution in [2.45, 2.75) is 52.1 Å². The first-order valence-electron chi connectivity index (χ1n) is 11.5. The molecule has 0 saturated heterocycles. The summed E-state index contributed by atoms with van der Waals surface area (Å²) < 4.78 is 9.06. The van der Waals surface area contributed by atoms with Crippen LogP contribution in [-0.2, 0) is 31.9 Å². The first-order chi connectivity index (χ1) is 16.7. The SMILES string of the molecule is CCC(=O)C(Cc1ccccc1)NC(=O)OC.COC(=O)NC(Cc1ccccc1)C(=O)C(C)C. The molecule has 35 heavy (non-hydrogen) atoms. The number of carbonyl (C=O) groups excluding carboxylic acids is 4. The van der Waals surface area contributed by atoms with Crippen LogP contribution in [0.25, 0.3) is 0 Å². The molecule has 2 N–H and O–H groups in total. The van der Waals surface area contributed by atoms with Gasteiger partial charge < -0.3 is 20.1 Å². The number of alkyl carbamates (subject to hydrolysis) is 2. The van der Waals surface area contributed by atoms with E-state index >= 15 is 0 Å². The Bertz CT molecular complexity index is 931. The molecule has 8 heteroatoms. The van der Waals surface area contributed by atoms with Crippen molar-refractivity contribution in [2.75, 3.05) is 14.2 Å². The lowest BCUT2D eigenvalue weighted by Crippen LogP contribution is -2.44. The summed E-state index contributed by atoms with van der Waals surface area (Å²) in [5.41, 5.74) is 2.02. The van der Waals surface area contributed by atoms with Crippen molar-refractivity contribution in [3.8, 4) is 0 Å². The first-order valence-corrected chi connectivity index (χ1v) is 11.5. The minimum Gasteiger partial charge on any atom is -0.453 e. The first kappa shape index (κ1) is 29.4. The van der Waals surface area contributed by atoms with E-state index in [0.717, 1.165) is 11.1 Å². The lowest BCUT2D eigenvalue weighted by molar-refractivity contribution is -0.124. The van der Waals surface area contributed by atoms with Crippen LogP contribution in [0.15, 0.2) is 60.7 Å². The van der Waals surface area contributed by atoms with Gasteiger partial charge in [-0.15, -0.1) is 0 Å². The van der Waals surface area contributed by atoms with E-state index in [1.165, 1.54) is 14.2 Å². The molecule has 0 bridgehead atoms. The second-order valence-electron chi connectivity index (χ2n) is 8.13. The molecule has 0 aromatic heterocycles. The van der Waals surface area contributed by atoms with E-state index in [2.05, 4.69) is 20.1 Å². The fourth-order valence-electron chi connectivity index (χ4n) is 3.22. The molecular weight excluding hydrogens is 448 g/mol. The number of ether oxygens (including phenoxy) is 2. The molecule has 2 unspecified atom stereocenters. The van der Waals surface area contributed by atoms with Crippen LogP contribution in [0.5, 0.6) is 0 Å². The average Bonchev–Trinajstić information content (AvgIpc) is 2.88. The minimum atomic E-state index is -0.579. The monoisotopic (exact) mass is 484 g/mol. The van der Waals surface area contributed by atoms with Crippen molar-refractivity contribution >= 4 is 23.8 Å². The number of carbonyl (C=O) groups is 4. The molecule has 0 fully saturated rings. The fourth-order valence-corrected chi connectivity index (χ4v) is 3.22. The van der Waals surface area contributed by atoms with Gasteiger partial charge in [-0.2, -0.15) is 0 Å². The maximum absolute atomic E-state index is 12.0. The smallest absolute Gasteiger partial charge is 0.407 e. The van der Waals surface area contributed by atoms with Gasteiger partial charge >= 0.3 is 12.2 Å². The number of amides is 2. The van der Waals surface area contributed by atoms with Crippen molar-refractivity contribution in [2.24, 2.45) is 5.92 Å². The van der Waals surface area contributed by atoms with Gasteiger partial charge in [0.2, 0.25) is 0 Å². The highest BCUT2D eigenvalue weighted by Gasteiger charge is 2.23. The quantitative estimate of drug-likeness (QED) is 0.525. The van der Waals surface area contributed by atoms with E-state index in [9.17, 15) is 19.2 Å². The van der Waals surface area contributed by atoms with Gasteiger partial charge in [0.1, 0.15) is 0 Å². The van der Waals surface area contributed by atoms with Gasteiger partial charge in [0.05, 0.1) is 26.3 Å². The Kier molecular flexibility index (Phi) is 13.4. The molecule has 0 heterocycles. The zero-order valence-corrected chi connectivity index (χ0v) is 21.1. The standard InChI is InChI=1S/C14H19NO3.C13H17NO3/c1-10(2)13(16)12(15-14(17)18-3)9-11-7-5-4-6-8-11;1-3-12(15)11(14-13(16)17-2)9-10-7-5-4-6-8-10/h4-8,10,12H,9H2,1-3H3,(H,15,17);4-8,11H,3,9H2,1-2H3,(H,14,16). The summed E-state index contributed by atoms with van der Waals surface area (Å²) in [7, 11) is 2.57. The summed E-state index contributed by atoms with van der Waals surface area (Å²) >= 11 is 0.